The number of benzene rings is 1. The summed E-state index contributed by atoms with van der Waals surface area (Å²) in [6, 6.07) is 3.56. The van der Waals surface area contributed by atoms with Crippen LogP contribution in [0.3, 0.4) is 0 Å². The fraction of sp³-hybridized carbons (Fsp3) is 0.455. The van der Waals surface area contributed by atoms with Crippen molar-refractivity contribution in [1.29, 1.82) is 0 Å². The molecule has 0 radical (unpaired) electrons. The third kappa shape index (κ3) is 3.44. The van der Waals surface area contributed by atoms with Crippen LogP contribution in [0, 0.1) is 16.0 Å². The normalized spacial score (nSPS) is 18.9. The molecule has 0 saturated carbocycles. The number of nitro groups is 1. The van der Waals surface area contributed by atoms with Gasteiger partial charge in [-0.3, -0.25) is 10.1 Å². The highest BCUT2D eigenvalue weighted by atomic mass is 32.2. The lowest BCUT2D eigenvalue weighted by molar-refractivity contribution is -0.384. The van der Waals surface area contributed by atoms with Gasteiger partial charge in [-0.05, 0) is 18.6 Å². The molecule has 1 heterocycles. The first-order valence-electron chi connectivity index (χ1n) is 6.01. The third-order valence-electron chi connectivity index (χ3n) is 3.10. The molecule has 9 heteroatoms. The summed E-state index contributed by atoms with van der Waals surface area (Å²) in [5, 5.41) is 18.9. The van der Waals surface area contributed by atoms with Crippen molar-refractivity contribution >= 4 is 21.4 Å². The predicted molar refractivity (Wildman–Crippen MR) is 71.9 cm³/mol. The summed E-state index contributed by atoms with van der Waals surface area (Å²) in [5.41, 5.74) is -0.0373. The lowest BCUT2D eigenvalue weighted by Gasteiger charge is -2.11. The van der Waals surface area contributed by atoms with E-state index >= 15 is 0 Å². The Bertz CT molecular complexity index is 610. The van der Waals surface area contributed by atoms with Gasteiger partial charge in [0.05, 0.1) is 16.4 Å². The van der Waals surface area contributed by atoms with Crippen LogP contribution >= 0.6 is 0 Å². The molecule has 1 fully saturated rings. The zero-order chi connectivity index (χ0) is 14.8. The van der Waals surface area contributed by atoms with Gasteiger partial charge in [0.1, 0.15) is 5.69 Å². The molecule has 3 N–H and O–H groups in total. The van der Waals surface area contributed by atoms with Crippen molar-refractivity contribution in [2.45, 2.75) is 11.3 Å². The van der Waals surface area contributed by atoms with Gasteiger partial charge in [-0.1, -0.05) is 0 Å². The van der Waals surface area contributed by atoms with Gasteiger partial charge in [0.25, 0.3) is 5.69 Å². The highest BCUT2D eigenvalue weighted by molar-refractivity contribution is 7.89. The second-order valence-electron chi connectivity index (χ2n) is 4.59. The molecule has 0 spiro atoms. The molecule has 0 aromatic heterocycles. The first kappa shape index (κ1) is 14.7. The molecule has 110 valence electrons. The van der Waals surface area contributed by atoms with E-state index in [0.29, 0.717) is 25.7 Å². The molecule has 1 aliphatic heterocycles. The van der Waals surface area contributed by atoms with Crippen LogP contribution in [0.4, 0.5) is 11.4 Å². The predicted octanol–water partition coefficient (Wildman–Crippen LogP) is 0.691. The van der Waals surface area contributed by atoms with E-state index in [1.165, 1.54) is 12.1 Å². The lowest BCUT2D eigenvalue weighted by Crippen LogP contribution is -2.16. The second-order valence-corrected chi connectivity index (χ2v) is 6.15. The minimum Gasteiger partial charge on any atom is -0.381 e. The smallest absolute Gasteiger partial charge is 0.293 e. The Morgan fingerprint density at radius 3 is 2.80 bits per heavy atom. The number of nitrogens with zero attached hydrogens (tertiary/aromatic N) is 1. The molecule has 20 heavy (non-hydrogen) atoms. The van der Waals surface area contributed by atoms with Gasteiger partial charge in [0, 0.05) is 25.1 Å². The van der Waals surface area contributed by atoms with Gasteiger partial charge < -0.3 is 10.1 Å². The van der Waals surface area contributed by atoms with Crippen LogP contribution < -0.4 is 10.5 Å². The van der Waals surface area contributed by atoms with Crippen LogP contribution in [0.5, 0.6) is 0 Å². The van der Waals surface area contributed by atoms with Crippen LogP contribution in [0.2, 0.25) is 0 Å². The quantitative estimate of drug-likeness (QED) is 0.609. The lowest BCUT2D eigenvalue weighted by atomic mass is 10.1. The van der Waals surface area contributed by atoms with E-state index in [0.717, 1.165) is 12.5 Å². The zero-order valence-electron chi connectivity index (χ0n) is 10.6. The number of sulfonamides is 1. The summed E-state index contributed by atoms with van der Waals surface area (Å²) < 4.78 is 27.6. The van der Waals surface area contributed by atoms with E-state index in [4.69, 9.17) is 9.88 Å². The number of nitrogens with one attached hydrogen (secondary N) is 1. The van der Waals surface area contributed by atoms with Gasteiger partial charge in [0.15, 0.2) is 0 Å². The second kappa shape index (κ2) is 5.73. The minimum atomic E-state index is -3.96. The van der Waals surface area contributed by atoms with Crippen LogP contribution in [-0.2, 0) is 14.8 Å². The van der Waals surface area contributed by atoms with Crippen molar-refractivity contribution < 1.29 is 18.1 Å². The first-order chi connectivity index (χ1) is 9.38. The molecule has 2 rings (SSSR count). The van der Waals surface area contributed by atoms with E-state index in [1.54, 1.807) is 0 Å². The SMILES string of the molecule is NS(=O)(=O)c1ccc(NC[C@@H]2CCOC2)c([N+](=O)[O-])c1. The van der Waals surface area contributed by atoms with Gasteiger partial charge >= 0.3 is 0 Å². The maximum Gasteiger partial charge on any atom is 0.293 e. The van der Waals surface area contributed by atoms with Crippen molar-refractivity contribution in [2.24, 2.45) is 11.1 Å². The summed E-state index contributed by atoms with van der Waals surface area (Å²) in [7, 11) is -3.96. The minimum absolute atomic E-state index is 0.273. The molecular formula is C11H15N3O5S. The summed E-state index contributed by atoms with van der Waals surface area (Å²) in [4.78, 5) is 10.1. The summed E-state index contributed by atoms with van der Waals surface area (Å²) in [5.74, 6) is 0.299. The first-order valence-corrected chi connectivity index (χ1v) is 7.55. The average molecular weight is 301 g/mol. The number of rotatable bonds is 5. The molecule has 0 unspecified atom stereocenters. The van der Waals surface area contributed by atoms with Crippen molar-refractivity contribution in [1.82, 2.24) is 0 Å². The van der Waals surface area contributed by atoms with E-state index < -0.39 is 14.9 Å². The van der Waals surface area contributed by atoms with Gasteiger partial charge in [-0.15, -0.1) is 0 Å². The van der Waals surface area contributed by atoms with Crippen molar-refractivity contribution in [3.8, 4) is 0 Å². The third-order valence-corrected chi connectivity index (χ3v) is 4.01. The van der Waals surface area contributed by atoms with Crippen LogP contribution in [0.15, 0.2) is 23.1 Å². The number of anilines is 1. The number of primary sulfonamides is 1. The topological polar surface area (TPSA) is 125 Å². The highest BCUT2D eigenvalue weighted by Crippen LogP contribution is 2.27. The average Bonchev–Trinajstić information content (AvgIpc) is 2.88. The number of hydrogen-bond acceptors (Lipinski definition) is 6. The molecular weight excluding hydrogens is 286 g/mol. The molecule has 1 aliphatic rings. The van der Waals surface area contributed by atoms with Crippen LogP contribution in [0.25, 0.3) is 0 Å². The largest absolute Gasteiger partial charge is 0.381 e. The molecule has 0 amide bonds. The standard InChI is InChI=1S/C11H15N3O5S/c12-20(17,18)9-1-2-10(11(5-9)14(15)16)13-6-8-3-4-19-7-8/h1-2,5,8,13H,3-4,6-7H2,(H2,12,17,18)/t8-/m0/s1. The molecule has 1 atom stereocenters. The van der Waals surface area contributed by atoms with Crippen LogP contribution in [-0.4, -0.2) is 33.1 Å². The Balaban J connectivity index is 2.21. The maximum absolute atomic E-state index is 11.2. The van der Waals surface area contributed by atoms with Crippen molar-refractivity contribution in [3.05, 3.63) is 28.3 Å². The zero-order valence-corrected chi connectivity index (χ0v) is 11.4. The molecule has 1 saturated heterocycles. The van der Waals surface area contributed by atoms with Gasteiger partial charge in [-0.2, -0.15) is 0 Å². The van der Waals surface area contributed by atoms with Gasteiger partial charge in [-0.25, -0.2) is 13.6 Å². The summed E-state index contributed by atoms with van der Waals surface area (Å²) in [6.07, 6.45) is 0.899. The fourth-order valence-electron chi connectivity index (χ4n) is 1.99. The van der Waals surface area contributed by atoms with E-state index in [-0.39, 0.29) is 16.3 Å². The van der Waals surface area contributed by atoms with E-state index in [1.807, 2.05) is 0 Å². The molecule has 0 bridgehead atoms. The Morgan fingerprint density at radius 1 is 1.50 bits per heavy atom. The highest BCUT2D eigenvalue weighted by Gasteiger charge is 2.21. The number of ether oxygens (including phenoxy) is 1. The monoisotopic (exact) mass is 301 g/mol. The molecule has 1 aromatic carbocycles. The Kier molecular flexibility index (Phi) is 4.21. The number of hydrogen-bond donors (Lipinski definition) is 2. The Hall–Kier alpha value is -1.71. The van der Waals surface area contributed by atoms with Crippen LogP contribution in [0.1, 0.15) is 6.42 Å². The van der Waals surface area contributed by atoms with E-state index in [2.05, 4.69) is 5.32 Å². The van der Waals surface area contributed by atoms with Gasteiger partial charge in [0.2, 0.25) is 10.0 Å². The summed E-state index contributed by atoms with van der Waals surface area (Å²) in [6.45, 7) is 1.85. The molecule has 8 nitrogen and oxygen atoms in total. The van der Waals surface area contributed by atoms with Crippen molar-refractivity contribution in [3.63, 3.8) is 0 Å². The Morgan fingerprint density at radius 2 is 2.25 bits per heavy atom. The Labute approximate surface area is 116 Å². The number of nitrogens with two attached hydrogens (primary N) is 1. The molecule has 0 aliphatic carbocycles. The number of nitro benzene ring substituents is 1. The van der Waals surface area contributed by atoms with E-state index in [9.17, 15) is 18.5 Å². The fourth-order valence-corrected chi connectivity index (χ4v) is 2.52. The van der Waals surface area contributed by atoms with Crippen molar-refractivity contribution in [2.75, 3.05) is 25.1 Å². The maximum atomic E-state index is 11.2. The summed E-state index contributed by atoms with van der Waals surface area (Å²) >= 11 is 0. The molecule has 1 aromatic rings.